The Bertz CT molecular complexity index is 819. The van der Waals surface area contributed by atoms with Crippen LogP contribution >= 0.6 is 11.8 Å². The summed E-state index contributed by atoms with van der Waals surface area (Å²) in [6.07, 6.45) is 0.620. The van der Waals surface area contributed by atoms with Crippen molar-refractivity contribution in [3.8, 4) is 22.6 Å². The van der Waals surface area contributed by atoms with Crippen molar-refractivity contribution in [3.05, 3.63) is 60.7 Å². The molecule has 0 unspecified atom stereocenters. The zero-order valence-corrected chi connectivity index (χ0v) is 14.5. The molecule has 3 aromatic rings. The van der Waals surface area contributed by atoms with Gasteiger partial charge in [0.2, 0.25) is 0 Å². The first-order valence-electron chi connectivity index (χ1n) is 8.19. The van der Waals surface area contributed by atoms with Gasteiger partial charge in [0.25, 0.3) is 5.22 Å². The molecule has 0 aliphatic carbocycles. The second-order valence-electron chi connectivity index (χ2n) is 5.98. The van der Waals surface area contributed by atoms with Gasteiger partial charge >= 0.3 is 5.97 Å². The van der Waals surface area contributed by atoms with E-state index < -0.39 is 0 Å². The van der Waals surface area contributed by atoms with E-state index in [1.807, 2.05) is 67.6 Å². The normalized spacial score (nSPS) is 19.8. The standard InChI is InChI=1S/C20H17NO3S/c1-13-12-16(19(22)23-13)25-20-21-17(14-8-4-2-5-9-14)18(24-20)15-10-6-3-7-11-15/h2-11,13,16H,12H2,1H3/t13-,16+/m0/s1. The van der Waals surface area contributed by atoms with Crippen molar-refractivity contribution in [2.24, 2.45) is 0 Å². The minimum Gasteiger partial charge on any atom is -0.462 e. The van der Waals surface area contributed by atoms with Crippen molar-refractivity contribution in [2.75, 3.05) is 0 Å². The lowest BCUT2D eigenvalue weighted by Crippen LogP contribution is -2.09. The van der Waals surface area contributed by atoms with Gasteiger partial charge in [-0.25, -0.2) is 4.98 Å². The molecule has 0 spiro atoms. The molecular weight excluding hydrogens is 334 g/mol. The smallest absolute Gasteiger partial charge is 0.320 e. The van der Waals surface area contributed by atoms with E-state index in [9.17, 15) is 4.79 Å². The maximum Gasteiger partial charge on any atom is 0.320 e. The van der Waals surface area contributed by atoms with E-state index in [1.54, 1.807) is 0 Å². The summed E-state index contributed by atoms with van der Waals surface area (Å²) in [6.45, 7) is 1.90. The largest absolute Gasteiger partial charge is 0.462 e. The summed E-state index contributed by atoms with van der Waals surface area (Å²) in [7, 11) is 0. The summed E-state index contributed by atoms with van der Waals surface area (Å²) in [4.78, 5) is 16.6. The first-order valence-corrected chi connectivity index (χ1v) is 9.07. The number of hydrogen-bond acceptors (Lipinski definition) is 5. The van der Waals surface area contributed by atoms with Gasteiger partial charge in [0.15, 0.2) is 5.76 Å². The number of esters is 1. The van der Waals surface area contributed by atoms with E-state index in [4.69, 9.17) is 9.15 Å². The first kappa shape index (κ1) is 16.0. The topological polar surface area (TPSA) is 52.3 Å². The summed E-state index contributed by atoms with van der Waals surface area (Å²) in [6, 6.07) is 19.8. The molecule has 4 rings (SSSR count). The van der Waals surface area contributed by atoms with Crippen LogP contribution in [0, 0.1) is 0 Å². The van der Waals surface area contributed by atoms with Crippen molar-refractivity contribution in [1.29, 1.82) is 0 Å². The van der Waals surface area contributed by atoms with Crippen LogP contribution in [0.3, 0.4) is 0 Å². The Hall–Kier alpha value is -2.53. The number of aromatic nitrogens is 1. The highest BCUT2D eigenvalue weighted by Crippen LogP contribution is 2.38. The average Bonchev–Trinajstić information content (AvgIpc) is 3.20. The number of oxazole rings is 1. The molecule has 4 nitrogen and oxygen atoms in total. The Kier molecular flexibility index (Phi) is 4.32. The van der Waals surface area contributed by atoms with Gasteiger partial charge in [-0.2, -0.15) is 0 Å². The van der Waals surface area contributed by atoms with Gasteiger partial charge in [-0.3, -0.25) is 4.79 Å². The molecule has 0 bridgehead atoms. The van der Waals surface area contributed by atoms with Crippen LogP contribution in [-0.2, 0) is 9.53 Å². The molecule has 1 aliphatic rings. The predicted octanol–water partition coefficient (Wildman–Crippen LogP) is 4.80. The van der Waals surface area contributed by atoms with Gasteiger partial charge in [-0.1, -0.05) is 72.4 Å². The minimum atomic E-state index is -0.263. The molecule has 0 radical (unpaired) electrons. The highest BCUT2D eigenvalue weighted by molar-refractivity contribution is 8.00. The summed E-state index contributed by atoms with van der Waals surface area (Å²) in [5.41, 5.74) is 2.73. The summed E-state index contributed by atoms with van der Waals surface area (Å²) in [5.74, 6) is 0.520. The Morgan fingerprint density at radius 2 is 1.64 bits per heavy atom. The van der Waals surface area contributed by atoms with Crippen LogP contribution in [0.15, 0.2) is 70.3 Å². The van der Waals surface area contributed by atoms with Crippen LogP contribution in [0.5, 0.6) is 0 Å². The van der Waals surface area contributed by atoms with Gasteiger partial charge in [0.1, 0.15) is 17.0 Å². The summed E-state index contributed by atoms with van der Waals surface area (Å²) >= 11 is 1.34. The van der Waals surface area contributed by atoms with Crippen LogP contribution in [0.1, 0.15) is 13.3 Å². The van der Waals surface area contributed by atoms with Crippen molar-refractivity contribution in [3.63, 3.8) is 0 Å². The van der Waals surface area contributed by atoms with E-state index >= 15 is 0 Å². The molecule has 1 fully saturated rings. The maximum atomic E-state index is 11.9. The van der Waals surface area contributed by atoms with E-state index in [-0.39, 0.29) is 17.3 Å². The fraction of sp³-hybridized carbons (Fsp3) is 0.200. The number of carbonyl (C=O) groups excluding carboxylic acids is 1. The van der Waals surface area contributed by atoms with E-state index in [1.165, 1.54) is 11.8 Å². The number of carbonyl (C=O) groups is 1. The fourth-order valence-electron chi connectivity index (χ4n) is 2.87. The third kappa shape index (κ3) is 3.33. The zero-order chi connectivity index (χ0) is 17.2. The minimum absolute atomic E-state index is 0.0536. The molecule has 25 heavy (non-hydrogen) atoms. The molecule has 1 aliphatic heterocycles. The average molecular weight is 351 g/mol. The van der Waals surface area contributed by atoms with Gasteiger partial charge in [-0.15, -0.1) is 0 Å². The molecule has 2 heterocycles. The molecule has 0 N–H and O–H groups in total. The van der Waals surface area contributed by atoms with Crippen LogP contribution in [0.25, 0.3) is 22.6 Å². The van der Waals surface area contributed by atoms with Crippen molar-refractivity contribution >= 4 is 17.7 Å². The van der Waals surface area contributed by atoms with E-state index in [0.717, 1.165) is 16.8 Å². The number of nitrogens with zero attached hydrogens (tertiary/aromatic N) is 1. The molecule has 0 amide bonds. The number of cyclic esters (lactones) is 1. The Morgan fingerprint density at radius 3 is 2.24 bits per heavy atom. The summed E-state index contributed by atoms with van der Waals surface area (Å²) in [5, 5.41) is 0.231. The van der Waals surface area contributed by atoms with Gasteiger partial charge in [-0.05, 0) is 6.92 Å². The molecule has 1 aromatic heterocycles. The lowest BCUT2D eigenvalue weighted by molar-refractivity contribution is -0.140. The molecule has 5 heteroatoms. The molecule has 1 saturated heterocycles. The van der Waals surface area contributed by atoms with Crippen LogP contribution in [0.4, 0.5) is 0 Å². The second kappa shape index (κ2) is 6.76. The first-order chi connectivity index (χ1) is 12.2. The molecular formula is C20H17NO3S. The SMILES string of the molecule is C[C@H]1C[C@@H](Sc2nc(-c3ccccc3)c(-c3ccccc3)o2)C(=O)O1. The number of ether oxygens (including phenoxy) is 1. The Morgan fingerprint density at radius 1 is 1.00 bits per heavy atom. The molecule has 126 valence electrons. The third-order valence-corrected chi connectivity index (χ3v) is 5.11. The number of benzene rings is 2. The highest BCUT2D eigenvalue weighted by atomic mass is 32.2. The number of hydrogen-bond donors (Lipinski definition) is 0. The lowest BCUT2D eigenvalue weighted by Gasteiger charge is -2.01. The van der Waals surface area contributed by atoms with Crippen molar-refractivity contribution in [1.82, 2.24) is 4.98 Å². The maximum absolute atomic E-state index is 11.9. The van der Waals surface area contributed by atoms with Gasteiger partial charge in [0, 0.05) is 17.5 Å². The molecule has 2 atom stereocenters. The Balaban J connectivity index is 1.72. The van der Waals surface area contributed by atoms with Crippen LogP contribution in [0.2, 0.25) is 0 Å². The van der Waals surface area contributed by atoms with Crippen molar-refractivity contribution in [2.45, 2.75) is 29.9 Å². The van der Waals surface area contributed by atoms with Crippen LogP contribution < -0.4 is 0 Å². The zero-order valence-electron chi connectivity index (χ0n) is 13.7. The summed E-state index contributed by atoms with van der Waals surface area (Å²) < 4.78 is 11.3. The van der Waals surface area contributed by atoms with Crippen molar-refractivity contribution < 1.29 is 13.9 Å². The fourth-order valence-corrected chi connectivity index (χ4v) is 3.90. The lowest BCUT2D eigenvalue weighted by atomic mass is 10.1. The van der Waals surface area contributed by atoms with Crippen LogP contribution in [-0.4, -0.2) is 22.3 Å². The predicted molar refractivity (Wildman–Crippen MR) is 97.2 cm³/mol. The van der Waals surface area contributed by atoms with Gasteiger partial charge in [0.05, 0.1) is 0 Å². The third-order valence-electron chi connectivity index (χ3n) is 4.06. The number of thioether (sulfide) groups is 1. The second-order valence-corrected chi connectivity index (χ2v) is 7.13. The van der Waals surface area contributed by atoms with E-state index in [0.29, 0.717) is 17.4 Å². The Labute approximate surface area is 150 Å². The number of rotatable bonds is 4. The van der Waals surface area contributed by atoms with E-state index in [2.05, 4.69) is 4.98 Å². The quantitative estimate of drug-likeness (QED) is 0.632. The monoisotopic (exact) mass is 351 g/mol. The highest BCUT2D eigenvalue weighted by Gasteiger charge is 2.34. The molecule has 0 saturated carbocycles. The van der Waals surface area contributed by atoms with Gasteiger partial charge < -0.3 is 9.15 Å². The molecule has 2 aromatic carbocycles.